The van der Waals surface area contributed by atoms with E-state index in [9.17, 15) is 0 Å². The molecule has 0 radical (unpaired) electrons. The van der Waals surface area contributed by atoms with E-state index in [-0.39, 0.29) is 0 Å². The lowest BCUT2D eigenvalue weighted by Crippen LogP contribution is -2.12. The maximum absolute atomic E-state index is 6.25. The van der Waals surface area contributed by atoms with Gasteiger partial charge in [0.15, 0.2) is 11.5 Å². The highest BCUT2D eigenvalue weighted by molar-refractivity contribution is 14.1. The van der Waals surface area contributed by atoms with Crippen LogP contribution in [-0.4, -0.2) is 25.9 Å². The number of aromatic nitrogens is 2. The first-order valence-corrected chi connectivity index (χ1v) is 13.5. The number of hydrogen-bond acceptors (Lipinski definition) is 5. The second-order valence-electron chi connectivity index (χ2n) is 7.31. The van der Waals surface area contributed by atoms with Gasteiger partial charge in [0, 0.05) is 3.92 Å². The first kappa shape index (κ1) is 24.6. The molecule has 0 fully saturated rings. The van der Waals surface area contributed by atoms with Gasteiger partial charge in [0.05, 0.1) is 33.9 Å². The highest BCUT2D eigenvalue weighted by Crippen LogP contribution is 2.47. The molecule has 0 aliphatic rings. The lowest BCUT2D eigenvalue weighted by atomic mass is 10.0. The van der Waals surface area contributed by atoms with Crippen LogP contribution in [0.25, 0.3) is 11.0 Å². The Morgan fingerprint density at radius 2 is 1.43 bits per heavy atom. The van der Waals surface area contributed by atoms with Crippen LogP contribution in [0.2, 0.25) is 0 Å². The third-order valence-corrected chi connectivity index (χ3v) is 6.89. The molecule has 0 N–H and O–H groups in total. The average Bonchev–Trinajstić information content (AvgIpc) is 3.15. The summed E-state index contributed by atoms with van der Waals surface area (Å²) in [6.07, 6.45) is 9.14. The number of ether oxygens (including phenoxy) is 2. The summed E-state index contributed by atoms with van der Waals surface area (Å²) in [6.45, 7) is 7.91. The van der Waals surface area contributed by atoms with E-state index in [4.69, 9.17) is 9.47 Å². The summed E-state index contributed by atoms with van der Waals surface area (Å²) >= 11 is 10.9. The second kappa shape index (κ2) is 12.9. The molecular weight excluding hydrogens is 619 g/mol. The Morgan fingerprint density at radius 1 is 0.893 bits per heavy atom. The molecule has 4 nitrogen and oxygen atoms in total. The van der Waals surface area contributed by atoms with Crippen molar-refractivity contribution < 1.29 is 9.47 Å². The summed E-state index contributed by atoms with van der Waals surface area (Å²) in [5, 5.41) is 0. The van der Waals surface area contributed by atoms with Crippen LogP contribution in [0.4, 0.5) is 0 Å². The van der Waals surface area contributed by atoms with Gasteiger partial charge in [0.1, 0.15) is 11.0 Å². The fourth-order valence-corrected chi connectivity index (χ4v) is 5.05. The van der Waals surface area contributed by atoms with Crippen molar-refractivity contribution in [3.8, 4) is 11.5 Å². The van der Waals surface area contributed by atoms with Crippen LogP contribution in [0.1, 0.15) is 65.7 Å². The normalized spacial score (nSPS) is 13.6. The number of hydrogen-bond donors (Lipinski definition) is 0. The van der Waals surface area contributed by atoms with Crippen LogP contribution >= 0.6 is 66.2 Å². The van der Waals surface area contributed by atoms with Gasteiger partial charge in [-0.05, 0) is 44.2 Å². The standard InChI is InChI=1S/C20H29Br2IN2O2S/c1-4-5-6-7-8-9-10-13(2)11-26-19-15(21)17-18(25-28-24-17)16(22)20(19)27-12-14(3)23/h13-14H,4-12H2,1-3H3. The third-order valence-electron chi connectivity index (χ3n) is 4.53. The van der Waals surface area contributed by atoms with Gasteiger partial charge >= 0.3 is 0 Å². The summed E-state index contributed by atoms with van der Waals surface area (Å²) in [5.41, 5.74) is 1.62. The highest BCUT2D eigenvalue weighted by atomic mass is 127. The Balaban J connectivity index is 2.01. The van der Waals surface area contributed by atoms with Crippen molar-refractivity contribution in [2.24, 2.45) is 5.92 Å². The predicted molar refractivity (Wildman–Crippen MR) is 134 cm³/mol. The van der Waals surface area contributed by atoms with Crippen molar-refractivity contribution in [1.82, 2.24) is 8.75 Å². The van der Waals surface area contributed by atoms with Gasteiger partial charge in [0.25, 0.3) is 0 Å². The number of unbranched alkanes of at least 4 members (excludes halogenated alkanes) is 5. The van der Waals surface area contributed by atoms with Gasteiger partial charge in [-0.25, -0.2) is 0 Å². The minimum Gasteiger partial charge on any atom is -0.488 e. The van der Waals surface area contributed by atoms with Crippen molar-refractivity contribution in [2.45, 2.75) is 69.6 Å². The lowest BCUT2D eigenvalue weighted by Gasteiger charge is -2.19. The van der Waals surface area contributed by atoms with Crippen LogP contribution in [0.5, 0.6) is 11.5 Å². The zero-order chi connectivity index (χ0) is 20.5. The molecule has 0 saturated heterocycles. The molecule has 1 heterocycles. The molecule has 1 aromatic heterocycles. The first-order valence-electron chi connectivity index (χ1n) is 9.98. The zero-order valence-electron chi connectivity index (χ0n) is 16.8. The maximum Gasteiger partial charge on any atom is 0.178 e. The molecule has 0 aliphatic carbocycles. The van der Waals surface area contributed by atoms with Crippen molar-refractivity contribution >= 4 is 77.2 Å². The summed E-state index contributed by atoms with van der Waals surface area (Å²) in [5.74, 6) is 1.93. The molecule has 0 bridgehead atoms. The Bertz CT molecular complexity index is 743. The van der Waals surface area contributed by atoms with E-state index in [1.54, 1.807) is 0 Å². The van der Waals surface area contributed by atoms with Gasteiger partial charge in [-0.2, -0.15) is 8.75 Å². The van der Waals surface area contributed by atoms with Gasteiger partial charge < -0.3 is 9.47 Å². The number of benzene rings is 1. The topological polar surface area (TPSA) is 44.2 Å². The van der Waals surface area contributed by atoms with E-state index < -0.39 is 0 Å². The van der Waals surface area contributed by atoms with Crippen LogP contribution in [0.3, 0.4) is 0 Å². The largest absolute Gasteiger partial charge is 0.488 e. The number of rotatable bonds is 13. The molecular formula is C20H29Br2IN2O2S. The number of halogens is 3. The van der Waals surface area contributed by atoms with Gasteiger partial charge in [-0.3, -0.25) is 0 Å². The lowest BCUT2D eigenvalue weighted by molar-refractivity contribution is 0.229. The maximum atomic E-state index is 6.25. The molecule has 2 unspecified atom stereocenters. The SMILES string of the molecule is CCCCCCCCC(C)COc1c(OCC(C)I)c(Br)c2nsnc2c1Br. The zero-order valence-corrected chi connectivity index (χ0v) is 22.9. The predicted octanol–water partition coefficient (Wildman–Crippen LogP) is 8.18. The smallest absolute Gasteiger partial charge is 0.178 e. The number of nitrogens with zero attached hydrogens (tertiary/aromatic N) is 2. The van der Waals surface area contributed by atoms with Crippen LogP contribution in [-0.2, 0) is 0 Å². The fraction of sp³-hybridized carbons (Fsp3) is 0.700. The van der Waals surface area contributed by atoms with E-state index in [1.165, 1.54) is 56.7 Å². The van der Waals surface area contributed by atoms with Gasteiger partial charge in [-0.1, -0.05) is 81.9 Å². The van der Waals surface area contributed by atoms with E-state index in [2.05, 4.69) is 84.0 Å². The molecule has 0 amide bonds. The Morgan fingerprint density at radius 3 is 2.00 bits per heavy atom. The molecule has 0 spiro atoms. The van der Waals surface area contributed by atoms with Crippen molar-refractivity contribution in [1.29, 1.82) is 0 Å². The minimum absolute atomic E-state index is 0.395. The van der Waals surface area contributed by atoms with Crippen molar-refractivity contribution in [2.75, 3.05) is 13.2 Å². The van der Waals surface area contributed by atoms with Crippen molar-refractivity contribution in [3.05, 3.63) is 8.95 Å². The summed E-state index contributed by atoms with van der Waals surface area (Å²) in [4.78, 5) is 0. The van der Waals surface area contributed by atoms with E-state index in [1.807, 2.05) is 0 Å². The second-order valence-corrected chi connectivity index (χ2v) is 11.6. The van der Waals surface area contributed by atoms with E-state index >= 15 is 0 Å². The summed E-state index contributed by atoms with van der Waals surface area (Å²) in [6, 6.07) is 0. The van der Waals surface area contributed by atoms with Crippen LogP contribution < -0.4 is 9.47 Å². The first-order chi connectivity index (χ1) is 13.5. The number of fused-ring (bicyclic) bond motifs is 1. The van der Waals surface area contributed by atoms with E-state index in [0.717, 1.165) is 25.7 Å². The molecule has 8 heteroatoms. The monoisotopic (exact) mass is 646 g/mol. The molecule has 1 aromatic carbocycles. The van der Waals surface area contributed by atoms with Crippen LogP contribution in [0.15, 0.2) is 8.95 Å². The molecule has 0 saturated carbocycles. The highest BCUT2D eigenvalue weighted by Gasteiger charge is 2.23. The molecule has 158 valence electrons. The van der Waals surface area contributed by atoms with Gasteiger partial charge in [-0.15, -0.1) is 0 Å². The van der Waals surface area contributed by atoms with Crippen LogP contribution in [0, 0.1) is 5.92 Å². The quantitative estimate of drug-likeness (QED) is 0.125. The Hall–Kier alpha value is 0.330. The van der Waals surface area contributed by atoms with Gasteiger partial charge in [0.2, 0.25) is 0 Å². The molecule has 2 atom stereocenters. The molecule has 0 aliphatic heterocycles. The third kappa shape index (κ3) is 7.23. The minimum atomic E-state index is 0.395. The number of alkyl halides is 1. The Kier molecular flexibility index (Phi) is 11.3. The molecule has 28 heavy (non-hydrogen) atoms. The van der Waals surface area contributed by atoms with E-state index in [0.29, 0.717) is 28.8 Å². The summed E-state index contributed by atoms with van der Waals surface area (Å²) < 4.78 is 23.2. The average molecular weight is 648 g/mol. The fourth-order valence-electron chi connectivity index (χ4n) is 2.93. The Labute approximate surface area is 203 Å². The molecule has 2 aromatic rings. The summed E-state index contributed by atoms with van der Waals surface area (Å²) in [7, 11) is 0. The molecule has 2 rings (SSSR count). The van der Waals surface area contributed by atoms with Crippen molar-refractivity contribution in [3.63, 3.8) is 0 Å².